The number of rotatable bonds is 0. The van der Waals surface area contributed by atoms with Gasteiger partial charge in [-0.1, -0.05) is 29.8 Å². The van der Waals surface area contributed by atoms with Crippen molar-refractivity contribution in [2.24, 2.45) is 0 Å². The Morgan fingerprint density at radius 1 is 1.38 bits per heavy atom. The molecular weight excluding hydrogens is 228 g/mol. The second kappa shape index (κ2) is 3.02. The van der Waals surface area contributed by atoms with Crippen molar-refractivity contribution in [3.8, 4) is 5.75 Å². The third kappa shape index (κ3) is 1.60. The third-order valence-electron chi connectivity index (χ3n) is 2.66. The Bertz CT molecular complexity index is 331. The van der Waals surface area contributed by atoms with E-state index in [0.717, 1.165) is 23.2 Å². The van der Waals surface area contributed by atoms with Crippen molar-refractivity contribution in [1.82, 2.24) is 0 Å². The Kier molecular flexibility index (Phi) is 2.11. The molecule has 0 saturated carbocycles. The molecule has 1 aliphatic rings. The van der Waals surface area contributed by atoms with Crippen LogP contribution in [-0.2, 0) is 5.41 Å². The maximum absolute atomic E-state index is 5.59. The average molecular weight is 241 g/mol. The lowest BCUT2D eigenvalue weighted by Crippen LogP contribution is -2.26. The minimum Gasteiger partial charge on any atom is -0.493 e. The zero-order valence-electron chi connectivity index (χ0n) is 7.93. The first kappa shape index (κ1) is 9.07. The number of fused-ring (bicyclic) bond motifs is 1. The van der Waals surface area contributed by atoms with Gasteiger partial charge in [-0.15, -0.1) is 0 Å². The third-order valence-corrected chi connectivity index (χ3v) is 3.15. The molecule has 2 rings (SSSR count). The fourth-order valence-electron chi connectivity index (χ4n) is 1.71. The number of halogens is 1. The van der Waals surface area contributed by atoms with Gasteiger partial charge in [0, 0.05) is 10.0 Å². The molecule has 1 nitrogen and oxygen atoms in total. The largest absolute Gasteiger partial charge is 0.493 e. The fraction of sp³-hybridized carbons (Fsp3) is 0.455. The zero-order chi connectivity index (χ0) is 9.47. The first-order chi connectivity index (χ1) is 6.09. The van der Waals surface area contributed by atoms with Crippen LogP contribution in [0.4, 0.5) is 0 Å². The van der Waals surface area contributed by atoms with Gasteiger partial charge in [-0.3, -0.25) is 0 Å². The van der Waals surface area contributed by atoms with E-state index >= 15 is 0 Å². The molecule has 1 aromatic carbocycles. The molecule has 70 valence electrons. The van der Waals surface area contributed by atoms with Crippen molar-refractivity contribution in [3.05, 3.63) is 28.2 Å². The highest BCUT2D eigenvalue weighted by atomic mass is 79.9. The van der Waals surface area contributed by atoms with Gasteiger partial charge in [-0.05, 0) is 30.0 Å². The van der Waals surface area contributed by atoms with Crippen LogP contribution < -0.4 is 4.74 Å². The SMILES string of the molecule is CC1(C)CCOc2ccc(Br)cc21. The van der Waals surface area contributed by atoms with Crippen LogP contribution in [0.5, 0.6) is 5.75 Å². The van der Waals surface area contributed by atoms with Gasteiger partial charge in [0.05, 0.1) is 6.61 Å². The maximum atomic E-state index is 5.59. The highest BCUT2D eigenvalue weighted by molar-refractivity contribution is 9.10. The van der Waals surface area contributed by atoms with E-state index in [4.69, 9.17) is 4.74 Å². The van der Waals surface area contributed by atoms with E-state index < -0.39 is 0 Å². The standard InChI is InChI=1S/C11H13BrO/c1-11(2)5-6-13-10-4-3-8(12)7-9(10)11/h3-4,7H,5-6H2,1-2H3. The first-order valence-corrected chi connectivity index (χ1v) is 5.32. The Morgan fingerprint density at radius 2 is 2.15 bits per heavy atom. The van der Waals surface area contributed by atoms with Crippen molar-refractivity contribution in [3.63, 3.8) is 0 Å². The molecular formula is C11H13BrO. The summed E-state index contributed by atoms with van der Waals surface area (Å²) >= 11 is 3.49. The molecule has 0 radical (unpaired) electrons. The predicted octanol–water partition coefficient (Wildman–Crippen LogP) is 3.51. The molecule has 0 unspecified atom stereocenters. The molecule has 0 fully saturated rings. The molecule has 0 N–H and O–H groups in total. The van der Waals surface area contributed by atoms with Gasteiger partial charge >= 0.3 is 0 Å². The van der Waals surface area contributed by atoms with Crippen LogP contribution in [0.1, 0.15) is 25.8 Å². The van der Waals surface area contributed by atoms with E-state index in [2.05, 4.69) is 35.8 Å². The number of ether oxygens (including phenoxy) is 1. The topological polar surface area (TPSA) is 9.23 Å². The Balaban J connectivity index is 2.55. The van der Waals surface area contributed by atoms with E-state index in [0.29, 0.717) is 0 Å². The summed E-state index contributed by atoms with van der Waals surface area (Å²) in [6.45, 7) is 5.36. The van der Waals surface area contributed by atoms with Gasteiger partial charge in [0.15, 0.2) is 0 Å². The number of benzene rings is 1. The normalized spacial score (nSPS) is 19.0. The Hall–Kier alpha value is -0.500. The van der Waals surface area contributed by atoms with Gasteiger partial charge in [0.25, 0.3) is 0 Å². The first-order valence-electron chi connectivity index (χ1n) is 4.52. The van der Waals surface area contributed by atoms with Gasteiger partial charge in [0.2, 0.25) is 0 Å². The molecule has 2 heteroatoms. The van der Waals surface area contributed by atoms with Crippen LogP contribution in [0.2, 0.25) is 0 Å². The Labute approximate surface area is 87.2 Å². The van der Waals surface area contributed by atoms with E-state index in [1.165, 1.54) is 5.56 Å². The van der Waals surface area contributed by atoms with Crippen molar-refractivity contribution in [2.75, 3.05) is 6.61 Å². The lowest BCUT2D eigenvalue weighted by atomic mass is 9.80. The molecule has 1 aliphatic heterocycles. The highest BCUT2D eigenvalue weighted by Crippen LogP contribution is 2.39. The van der Waals surface area contributed by atoms with E-state index in [-0.39, 0.29) is 5.41 Å². The summed E-state index contributed by atoms with van der Waals surface area (Å²) in [7, 11) is 0. The number of hydrogen-bond donors (Lipinski definition) is 0. The summed E-state index contributed by atoms with van der Waals surface area (Å²) in [5, 5.41) is 0. The van der Waals surface area contributed by atoms with Crippen molar-refractivity contribution in [2.45, 2.75) is 25.7 Å². The number of hydrogen-bond acceptors (Lipinski definition) is 1. The second-order valence-corrected chi connectivity index (χ2v) is 5.04. The second-order valence-electron chi connectivity index (χ2n) is 4.12. The minimum atomic E-state index is 0.247. The molecule has 13 heavy (non-hydrogen) atoms. The molecule has 0 atom stereocenters. The average Bonchev–Trinajstić information content (AvgIpc) is 2.06. The minimum absolute atomic E-state index is 0.247. The van der Waals surface area contributed by atoms with Crippen LogP contribution in [-0.4, -0.2) is 6.61 Å². The van der Waals surface area contributed by atoms with Crippen molar-refractivity contribution < 1.29 is 4.74 Å². The summed E-state index contributed by atoms with van der Waals surface area (Å²) in [4.78, 5) is 0. The Morgan fingerprint density at radius 3 is 2.92 bits per heavy atom. The molecule has 1 heterocycles. The maximum Gasteiger partial charge on any atom is 0.123 e. The van der Waals surface area contributed by atoms with Crippen LogP contribution in [0, 0.1) is 0 Å². The summed E-state index contributed by atoms with van der Waals surface area (Å²) < 4.78 is 6.72. The summed E-state index contributed by atoms with van der Waals surface area (Å²) in [6.07, 6.45) is 1.09. The van der Waals surface area contributed by atoms with Crippen LogP contribution >= 0.6 is 15.9 Å². The van der Waals surface area contributed by atoms with E-state index in [1.807, 2.05) is 12.1 Å². The zero-order valence-corrected chi connectivity index (χ0v) is 9.52. The monoisotopic (exact) mass is 240 g/mol. The van der Waals surface area contributed by atoms with Crippen LogP contribution in [0.3, 0.4) is 0 Å². The van der Waals surface area contributed by atoms with Crippen molar-refractivity contribution in [1.29, 1.82) is 0 Å². The molecule has 0 aliphatic carbocycles. The van der Waals surface area contributed by atoms with E-state index in [9.17, 15) is 0 Å². The van der Waals surface area contributed by atoms with Gasteiger partial charge in [-0.25, -0.2) is 0 Å². The smallest absolute Gasteiger partial charge is 0.123 e. The van der Waals surface area contributed by atoms with Crippen LogP contribution in [0.15, 0.2) is 22.7 Å². The molecule has 0 bridgehead atoms. The van der Waals surface area contributed by atoms with Gasteiger partial charge in [-0.2, -0.15) is 0 Å². The van der Waals surface area contributed by atoms with Gasteiger partial charge in [0.1, 0.15) is 5.75 Å². The lowest BCUT2D eigenvalue weighted by Gasteiger charge is -2.32. The molecule has 0 aromatic heterocycles. The molecule has 0 spiro atoms. The summed E-state index contributed by atoms with van der Waals surface area (Å²) in [5.41, 5.74) is 1.56. The molecule has 0 saturated heterocycles. The molecule has 1 aromatic rings. The van der Waals surface area contributed by atoms with E-state index in [1.54, 1.807) is 0 Å². The lowest BCUT2D eigenvalue weighted by molar-refractivity contribution is 0.234. The molecule has 0 amide bonds. The predicted molar refractivity (Wildman–Crippen MR) is 57.3 cm³/mol. The fourth-order valence-corrected chi connectivity index (χ4v) is 2.07. The highest BCUT2D eigenvalue weighted by Gasteiger charge is 2.28. The summed E-state index contributed by atoms with van der Waals surface area (Å²) in [6, 6.07) is 6.23. The van der Waals surface area contributed by atoms with Crippen molar-refractivity contribution >= 4 is 15.9 Å². The quantitative estimate of drug-likeness (QED) is 0.675. The summed E-state index contributed by atoms with van der Waals surface area (Å²) in [5.74, 6) is 1.04. The van der Waals surface area contributed by atoms with Gasteiger partial charge < -0.3 is 4.74 Å². The van der Waals surface area contributed by atoms with Crippen LogP contribution in [0.25, 0.3) is 0 Å².